The molecule has 0 amide bonds. The van der Waals surface area contributed by atoms with E-state index in [1.54, 1.807) is 5.43 Å². The van der Waals surface area contributed by atoms with Gasteiger partial charge in [0.05, 0.1) is 13.2 Å². The monoisotopic (exact) mass is 231 g/mol. The Morgan fingerprint density at radius 2 is 2.25 bits per heavy atom. The second-order valence-corrected chi connectivity index (χ2v) is 3.44. The van der Waals surface area contributed by atoms with E-state index in [-0.39, 0.29) is 5.96 Å². The Balaban J connectivity index is 2.07. The summed E-state index contributed by atoms with van der Waals surface area (Å²) in [4.78, 5) is 16.1. The van der Waals surface area contributed by atoms with Gasteiger partial charge >= 0.3 is 0 Å². The molecule has 1 rings (SSSR count). The molecule has 1 fully saturated rings. The van der Waals surface area contributed by atoms with Gasteiger partial charge in [-0.05, 0) is 6.42 Å². The van der Waals surface area contributed by atoms with Gasteiger partial charge < -0.3 is 10.5 Å². The van der Waals surface area contributed by atoms with E-state index in [2.05, 4.69) is 9.89 Å². The standard InChI is InChI=1S/C8H17N5O3/c9-8(11-13(14)15)10-2-1-3-12-4-6-16-7-5-12/h1-7H2,(H3,9,10,11). The first-order valence-electron chi connectivity index (χ1n) is 5.19. The Morgan fingerprint density at radius 3 is 2.88 bits per heavy atom. The maximum Gasteiger partial charge on any atom is 0.251 e. The first-order chi connectivity index (χ1) is 7.68. The van der Waals surface area contributed by atoms with E-state index in [0.717, 1.165) is 39.3 Å². The Hall–Kier alpha value is -1.41. The third-order valence-corrected chi connectivity index (χ3v) is 2.22. The van der Waals surface area contributed by atoms with Crippen molar-refractivity contribution in [3.63, 3.8) is 0 Å². The lowest BCUT2D eigenvalue weighted by atomic mass is 10.3. The third-order valence-electron chi connectivity index (χ3n) is 2.22. The van der Waals surface area contributed by atoms with Gasteiger partial charge in [0.1, 0.15) is 0 Å². The van der Waals surface area contributed by atoms with Gasteiger partial charge in [-0.25, -0.2) is 15.1 Å². The van der Waals surface area contributed by atoms with Gasteiger partial charge in [-0.1, -0.05) is 5.43 Å². The second-order valence-electron chi connectivity index (χ2n) is 3.44. The predicted octanol–water partition coefficient (Wildman–Crippen LogP) is -1.20. The Morgan fingerprint density at radius 1 is 1.56 bits per heavy atom. The van der Waals surface area contributed by atoms with E-state index >= 15 is 0 Å². The molecule has 0 spiro atoms. The number of hydrogen-bond donors (Lipinski definition) is 2. The molecule has 0 aliphatic carbocycles. The van der Waals surface area contributed by atoms with Gasteiger partial charge in [0.25, 0.3) is 5.96 Å². The van der Waals surface area contributed by atoms with Crippen LogP contribution in [0.25, 0.3) is 0 Å². The molecule has 0 aromatic carbocycles. The van der Waals surface area contributed by atoms with Crippen LogP contribution in [0.15, 0.2) is 4.99 Å². The van der Waals surface area contributed by atoms with Crippen LogP contribution in [0.1, 0.15) is 6.42 Å². The molecule has 0 radical (unpaired) electrons. The van der Waals surface area contributed by atoms with Crippen LogP contribution in [0.3, 0.4) is 0 Å². The number of aliphatic imine (C=N–C) groups is 1. The summed E-state index contributed by atoms with van der Waals surface area (Å²) in [6.07, 6.45) is 0.833. The molecule has 0 saturated carbocycles. The van der Waals surface area contributed by atoms with E-state index in [9.17, 15) is 10.1 Å². The second kappa shape index (κ2) is 6.96. The topological polar surface area (TPSA) is 106 Å². The van der Waals surface area contributed by atoms with Crippen molar-refractivity contribution in [1.82, 2.24) is 10.3 Å². The molecule has 16 heavy (non-hydrogen) atoms. The summed E-state index contributed by atoms with van der Waals surface area (Å²) in [5, 5.41) is 9.28. The van der Waals surface area contributed by atoms with E-state index < -0.39 is 5.03 Å². The van der Waals surface area contributed by atoms with Gasteiger partial charge in [0.2, 0.25) is 0 Å². The quantitative estimate of drug-likeness (QED) is 0.202. The number of morpholine rings is 1. The van der Waals surface area contributed by atoms with E-state index in [1.807, 2.05) is 0 Å². The largest absolute Gasteiger partial charge is 0.379 e. The van der Waals surface area contributed by atoms with Gasteiger partial charge in [0.15, 0.2) is 5.03 Å². The molecule has 0 aromatic rings. The highest BCUT2D eigenvalue weighted by Crippen LogP contribution is 1.97. The van der Waals surface area contributed by atoms with Gasteiger partial charge in [0, 0.05) is 26.2 Å². The van der Waals surface area contributed by atoms with Crippen LogP contribution >= 0.6 is 0 Å². The maximum atomic E-state index is 10.0. The smallest absolute Gasteiger partial charge is 0.251 e. The molecule has 0 bridgehead atoms. The van der Waals surface area contributed by atoms with Gasteiger partial charge in [-0.3, -0.25) is 4.90 Å². The van der Waals surface area contributed by atoms with Crippen LogP contribution in [0.4, 0.5) is 0 Å². The SMILES string of the molecule is NC(=NCCCN1CCOCC1)N[N+](=O)[O-]. The number of nitrogens with one attached hydrogen (secondary N) is 1. The lowest BCUT2D eigenvalue weighted by molar-refractivity contribution is -0.525. The zero-order valence-electron chi connectivity index (χ0n) is 9.09. The minimum atomic E-state index is -0.721. The molecular formula is C8H17N5O3. The molecule has 8 heteroatoms. The number of nitrogens with zero attached hydrogens (tertiary/aromatic N) is 3. The summed E-state index contributed by atoms with van der Waals surface area (Å²) in [5.41, 5.74) is 7.06. The highest BCUT2D eigenvalue weighted by Gasteiger charge is 2.08. The minimum Gasteiger partial charge on any atom is -0.379 e. The molecule has 92 valence electrons. The minimum absolute atomic E-state index is 0.146. The zero-order valence-corrected chi connectivity index (χ0v) is 9.09. The number of nitro groups is 1. The number of rotatable bonds is 5. The molecule has 1 aliphatic rings. The van der Waals surface area contributed by atoms with Crippen molar-refractivity contribution < 1.29 is 9.77 Å². The van der Waals surface area contributed by atoms with Crippen molar-refractivity contribution in [3.8, 4) is 0 Å². The summed E-state index contributed by atoms with van der Waals surface area (Å²) >= 11 is 0. The molecular weight excluding hydrogens is 214 g/mol. The van der Waals surface area contributed by atoms with Crippen LogP contribution in [0, 0.1) is 10.1 Å². The van der Waals surface area contributed by atoms with Crippen LogP contribution in [0.2, 0.25) is 0 Å². The van der Waals surface area contributed by atoms with Crippen LogP contribution in [-0.2, 0) is 4.74 Å². The molecule has 3 N–H and O–H groups in total. The number of nitrogens with two attached hydrogens (primary N) is 1. The molecule has 1 heterocycles. The summed E-state index contributed by atoms with van der Waals surface area (Å²) in [5.74, 6) is -0.146. The Bertz CT molecular complexity index is 252. The highest BCUT2D eigenvalue weighted by molar-refractivity contribution is 5.76. The number of ether oxygens (including phenoxy) is 1. The molecule has 8 nitrogen and oxygen atoms in total. The summed E-state index contributed by atoms with van der Waals surface area (Å²) < 4.78 is 5.21. The fraction of sp³-hybridized carbons (Fsp3) is 0.875. The average molecular weight is 231 g/mol. The van der Waals surface area contributed by atoms with E-state index in [1.165, 1.54) is 0 Å². The summed E-state index contributed by atoms with van der Waals surface area (Å²) in [7, 11) is 0. The van der Waals surface area contributed by atoms with E-state index in [0.29, 0.717) is 6.54 Å². The summed E-state index contributed by atoms with van der Waals surface area (Å²) in [6.45, 7) is 4.82. The van der Waals surface area contributed by atoms with Crippen LogP contribution in [-0.4, -0.2) is 55.3 Å². The third kappa shape index (κ3) is 5.47. The predicted molar refractivity (Wildman–Crippen MR) is 58.5 cm³/mol. The molecule has 0 aromatic heterocycles. The van der Waals surface area contributed by atoms with E-state index in [4.69, 9.17) is 10.5 Å². The number of hydrazine groups is 1. The number of hydrogen-bond acceptors (Lipinski definition) is 5. The molecule has 0 unspecified atom stereocenters. The zero-order chi connectivity index (χ0) is 11.8. The fourth-order valence-corrected chi connectivity index (χ4v) is 1.45. The van der Waals surface area contributed by atoms with Crippen LogP contribution < -0.4 is 11.2 Å². The highest BCUT2D eigenvalue weighted by atomic mass is 16.7. The number of guanidine groups is 1. The molecule has 0 atom stereocenters. The van der Waals surface area contributed by atoms with Gasteiger partial charge in [-0.15, -0.1) is 0 Å². The van der Waals surface area contributed by atoms with Crippen molar-refractivity contribution in [2.75, 3.05) is 39.4 Å². The first kappa shape index (κ1) is 12.7. The fourth-order valence-electron chi connectivity index (χ4n) is 1.45. The van der Waals surface area contributed by atoms with Crippen molar-refractivity contribution >= 4 is 5.96 Å². The first-order valence-corrected chi connectivity index (χ1v) is 5.19. The normalized spacial score (nSPS) is 18.4. The Kier molecular flexibility index (Phi) is 5.51. The Labute approximate surface area is 93.6 Å². The van der Waals surface area contributed by atoms with Crippen molar-refractivity contribution in [1.29, 1.82) is 0 Å². The van der Waals surface area contributed by atoms with Gasteiger partial charge in [-0.2, -0.15) is 0 Å². The lowest BCUT2D eigenvalue weighted by Gasteiger charge is -2.26. The van der Waals surface area contributed by atoms with Crippen molar-refractivity contribution in [2.24, 2.45) is 10.7 Å². The maximum absolute atomic E-state index is 10.0. The lowest BCUT2D eigenvalue weighted by Crippen LogP contribution is -2.38. The van der Waals surface area contributed by atoms with Crippen molar-refractivity contribution in [3.05, 3.63) is 10.1 Å². The average Bonchev–Trinajstić information content (AvgIpc) is 2.25. The van der Waals surface area contributed by atoms with Crippen LogP contribution in [0.5, 0.6) is 0 Å². The van der Waals surface area contributed by atoms with Crippen molar-refractivity contribution in [2.45, 2.75) is 6.42 Å². The summed E-state index contributed by atoms with van der Waals surface area (Å²) in [6, 6.07) is 0. The molecule has 1 saturated heterocycles. The molecule has 1 aliphatic heterocycles.